The molecule has 0 spiro atoms. The minimum absolute atomic E-state index is 0.372. The van der Waals surface area contributed by atoms with Crippen LogP contribution in [0, 0.1) is 5.92 Å². The van der Waals surface area contributed by atoms with Gasteiger partial charge in [-0.2, -0.15) is 0 Å². The molecule has 2 aromatic carbocycles. The highest BCUT2D eigenvalue weighted by Crippen LogP contribution is 2.35. The highest BCUT2D eigenvalue weighted by atomic mass is 31.1. The van der Waals surface area contributed by atoms with Crippen LogP contribution in [0.4, 0.5) is 0 Å². The van der Waals surface area contributed by atoms with E-state index in [1.54, 1.807) is 0 Å². The zero-order valence-corrected chi connectivity index (χ0v) is 14.0. The van der Waals surface area contributed by atoms with E-state index in [-0.39, 0.29) is 7.92 Å². The molecule has 0 aliphatic heterocycles. The molecule has 0 fully saturated rings. The number of rotatable bonds is 7. The second-order valence-electron chi connectivity index (χ2n) is 5.34. The molecule has 2 rings (SSSR count). The van der Waals surface area contributed by atoms with Gasteiger partial charge in [-0.3, -0.25) is 0 Å². The van der Waals surface area contributed by atoms with Gasteiger partial charge in [0.05, 0.1) is 0 Å². The van der Waals surface area contributed by atoms with Gasteiger partial charge in [0.25, 0.3) is 0 Å². The third-order valence-electron chi connectivity index (χ3n) is 3.95. The molecule has 0 nitrogen and oxygen atoms in total. The van der Waals surface area contributed by atoms with Gasteiger partial charge in [-0.25, -0.2) is 0 Å². The van der Waals surface area contributed by atoms with Crippen LogP contribution in [0.1, 0.15) is 33.1 Å². The third kappa shape index (κ3) is 4.83. The summed E-state index contributed by atoms with van der Waals surface area (Å²) in [5.74, 6) is 3.27. The van der Waals surface area contributed by atoms with Gasteiger partial charge in [-0.05, 0) is 30.9 Å². The average molecular weight is 296 g/mol. The van der Waals surface area contributed by atoms with E-state index >= 15 is 0 Å². The Hall–Kier alpha value is -1.39. The fraction of sp³-hybridized carbons (Fsp3) is 0.300. The van der Waals surface area contributed by atoms with Crippen molar-refractivity contribution in [1.29, 1.82) is 0 Å². The predicted octanol–water partition coefficient (Wildman–Crippen LogP) is 5.46. The van der Waals surface area contributed by atoms with Crippen LogP contribution in [0.2, 0.25) is 0 Å². The molecule has 0 heterocycles. The molecule has 0 N–H and O–H groups in total. The zero-order valence-electron chi connectivity index (χ0n) is 13.1. The maximum atomic E-state index is 2.44. The Kier molecular flexibility index (Phi) is 6.70. The molecule has 0 unspecified atom stereocenters. The lowest BCUT2D eigenvalue weighted by Gasteiger charge is -2.15. The SMILES string of the molecule is CCC(CC)CC=CP(c1ccccc1)c1ccccc1. The van der Waals surface area contributed by atoms with Crippen molar-refractivity contribution in [3.63, 3.8) is 0 Å². The molecule has 2 aromatic rings. The molecule has 21 heavy (non-hydrogen) atoms. The van der Waals surface area contributed by atoms with Crippen molar-refractivity contribution in [2.75, 3.05) is 0 Å². The van der Waals surface area contributed by atoms with Crippen molar-refractivity contribution in [2.45, 2.75) is 33.1 Å². The second-order valence-corrected chi connectivity index (χ2v) is 7.42. The first-order valence-corrected chi connectivity index (χ1v) is 9.32. The molecule has 0 saturated heterocycles. The van der Waals surface area contributed by atoms with Gasteiger partial charge in [0, 0.05) is 0 Å². The minimum atomic E-state index is -0.372. The van der Waals surface area contributed by atoms with Gasteiger partial charge < -0.3 is 0 Å². The predicted molar refractivity (Wildman–Crippen MR) is 96.9 cm³/mol. The molecule has 0 aromatic heterocycles. The quantitative estimate of drug-likeness (QED) is 0.595. The van der Waals surface area contributed by atoms with E-state index in [2.05, 4.69) is 86.4 Å². The first-order valence-electron chi connectivity index (χ1n) is 7.91. The Balaban J connectivity index is 2.19. The average Bonchev–Trinajstić information content (AvgIpc) is 2.57. The van der Waals surface area contributed by atoms with Crippen LogP contribution in [0.3, 0.4) is 0 Å². The van der Waals surface area contributed by atoms with Crippen molar-refractivity contribution >= 4 is 18.5 Å². The highest BCUT2D eigenvalue weighted by Gasteiger charge is 2.09. The number of allylic oxidation sites excluding steroid dienone is 1. The number of benzene rings is 2. The van der Waals surface area contributed by atoms with Gasteiger partial charge in [-0.1, -0.05) is 99.2 Å². The van der Waals surface area contributed by atoms with Gasteiger partial charge in [0.2, 0.25) is 0 Å². The van der Waals surface area contributed by atoms with Gasteiger partial charge in [0.1, 0.15) is 0 Å². The van der Waals surface area contributed by atoms with E-state index in [1.807, 2.05) is 0 Å². The van der Waals surface area contributed by atoms with Crippen molar-refractivity contribution < 1.29 is 0 Å². The first kappa shape index (κ1) is 16.0. The molecule has 0 saturated carbocycles. The summed E-state index contributed by atoms with van der Waals surface area (Å²) in [4.78, 5) is 0. The maximum Gasteiger partial charge on any atom is -0.0157 e. The molecule has 0 atom stereocenters. The first-order chi connectivity index (χ1) is 10.3. The monoisotopic (exact) mass is 296 g/mol. The molecular formula is C20H25P. The summed E-state index contributed by atoms with van der Waals surface area (Å²) in [5.41, 5.74) is 0. The lowest BCUT2D eigenvalue weighted by molar-refractivity contribution is 0.500. The summed E-state index contributed by atoms with van der Waals surface area (Å²) < 4.78 is 0. The Morgan fingerprint density at radius 3 is 1.71 bits per heavy atom. The zero-order chi connectivity index (χ0) is 14.9. The molecule has 110 valence electrons. The lowest BCUT2D eigenvalue weighted by Crippen LogP contribution is -2.09. The lowest BCUT2D eigenvalue weighted by atomic mass is 10.00. The van der Waals surface area contributed by atoms with Crippen LogP contribution in [0.15, 0.2) is 72.6 Å². The summed E-state index contributed by atoms with van der Waals surface area (Å²) in [5, 5.41) is 2.86. The van der Waals surface area contributed by atoms with Gasteiger partial charge in [0.15, 0.2) is 0 Å². The fourth-order valence-corrected chi connectivity index (χ4v) is 4.44. The van der Waals surface area contributed by atoms with Crippen LogP contribution in [0.5, 0.6) is 0 Å². The Labute approximate surface area is 130 Å². The van der Waals surface area contributed by atoms with Crippen LogP contribution >= 0.6 is 7.92 Å². The maximum absolute atomic E-state index is 2.44. The fourth-order valence-electron chi connectivity index (χ4n) is 2.48. The van der Waals surface area contributed by atoms with E-state index in [0.717, 1.165) is 5.92 Å². The summed E-state index contributed by atoms with van der Waals surface area (Å²) in [6, 6.07) is 21.8. The van der Waals surface area contributed by atoms with Gasteiger partial charge >= 0.3 is 0 Å². The largest absolute Gasteiger partial charge is 0.0832 e. The summed E-state index contributed by atoms with van der Waals surface area (Å²) in [6.07, 6.45) is 6.15. The van der Waals surface area contributed by atoms with Crippen molar-refractivity contribution in [3.8, 4) is 0 Å². The number of hydrogen-bond donors (Lipinski definition) is 0. The Morgan fingerprint density at radius 2 is 1.29 bits per heavy atom. The molecular weight excluding hydrogens is 271 g/mol. The molecule has 0 aliphatic rings. The van der Waals surface area contributed by atoms with Crippen LogP contribution < -0.4 is 10.6 Å². The molecule has 0 bridgehead atoms. The van der Waals surface area contributed by atoms with Crippen LogP contribution in [-0.2, 0) is 0 Å². The normalized spacial score (nSPS) is 11.6. The van der Waals surface area contributed by atoms with Crippen LogP contribution in [-0.4, -0.2) is 0 Å². The van der Waals surface area contributed by atoms with Gasteiger partial charge in [-0.15, -0.1) is 0 Å². The Bertz CT molecular complexity index is 487. The number of hydrogen-bond acceptors (Lipinski definition) is 0. The van der Waals surface area contributed by atoms with Crippen molar-refractivity contribution in [2.24, 2.45) is 5.92 Å². The Morgan fingerprint density at radius 1 is 0.810 bits per heavy atom. The molecule has 1 heteroatoms. The molecule has 0 aliphatic carbocycles. The van der Waals surface area contributed by atoms with E-state index < -0.39 is 0 Å². The van der Waals surface area contributed by atoms with E-state index in [1.165, 1.54) is 29.9 Å². The molecule has 0 amide bonds. The summed E-state index contributed by atoms with van der Waals surface area (Å²) >= 11 is 0. The summed E-state index contributed by atoms with van der Waals surface area (Å²) in [6.45, 7) is 4.58. The topological polar surface area (TPSA) is 0 Å². The van der Waals surface area contributed by atoms with Crippen LogP contribution in [0.25, 0.3) is 0 Å². The van der Waals surface area contributed by atoms with E-state index in [4.69, 9.17) is 0 Å². The second kappa shape index (κ2) is 8.80. The van der Waals surface area contributed by atoms with Crippen molar-refractivity contribution in [3.05, 3.63) is 72.6 Å². The smallest absolute Gasteiger partial charge is 0.0157 e. The van der Waals surface area contributed by atoms with E-state index in [9.17, 15) is 0 Å². The minimum Gasteiger partial charge on any atom is -0.0832 e. The molecule has 0 radical (unpaired) electrons. The highest BCUT2D eigenvalue weighted by molar-refractivity contribution is 7.75. The standard InChI is InChI=1S/C20H25P/c1-3-18(4-2)12-11-17-21(19-13-7-5-8-14-19)20-15-9-6-10-16-20/h5-11,13-18H,3-4,12H2,1-2H3. The summed E-state index contributed by atoms with van der Waals surface area (Å²) in [7, 11) is -0.372. The van der Waals surface area contributed by atoms with Crippen molar-refractivity contribution in [1.82, 2.24) is 0 Å². The third-order valence-corrected chi connectivity index (χ3v) is 6.17. The van der Waals surface area contributed by atoms with E-state index in [0.29, 0.717) is 0 Å².